The molecule has 0 radical (unpaired) electrons. The van der Waals surface area contributed by atoms with Gasteiger partial charge in [-0.15, -0.1) is 0 Å². The van der Waals surface area contributed by atoms with Gasteiger partial charge in [-0.2, -0.15) is 0 Å². The Morgan fingerprint density at radius 2 is 1.92 bits per heavy atom. The van der Waals surface area contributed by atoms with Gasteiger partial charge in [0.1, 0.15) is 11.6 Å². The van der Waals surface area contributed by atoms with E-state index in [0.717, 1.165) is 12.8 Å². The molecule has 1 amide bonds. The Balaban J connectivity index is 1.71. The van der Waals surface area contributed by atoms with Crippen molar-refractivity contribution in [2.75, 3.05) is 0 Å². The van der Waals surface area contributed by atoms with Gasteiger partial charge in [-0.1, -0.05) is 18.9 Å². The number of carbonyl (C=O) groups is 2. The fourth-order valence-corrected chi connectivity index (χ4v) is 3.92. The van der Waals surface area contributed by atoms with E-state index in [-0.39, 0.29) is 11.5 Å². The maximum Gasteiger partial charge on any atom is 0.308 e. The molecule has 130 valence electrons. The number of halogens is 2. The molecule has 2 saturated carbocycles. The fourth-order valence-electron chi connectivity index (χ4n) is 3.92. The molecule has 0 saturated heterocycles. The van der Waals surface area contributed by atoms with Gasteiger partial charge in [0.2, 0.25) is 5.91 Å². The summed E-state index contributed by atoms with van der Waals surface area (Å²) in [5.41, 5.74) is -0.844. The normalized spacial score (nSPS) is 32.2. The molecule has 4 atom stereocenters. The van der Waals surface area contributed by atoms with Crippen molar-refractivity contribution in [3.63, 3.8) is 0 Å². The first-order chi connectivity index (χ1) is 11.3. The molecule has 2 aliphatic carbocycles. The van der Waals surface area contributed by atoms with E-state index in [9.17, 15) is 23.5 Å². The monoisotopic (exact) mass is 337 g/mol. The molecule has 1 aromatic rings. The van der Waals surface area contributed by atoms with Crippen molar-refractivity contribution < 1.29 is 23.5 Å². The van der Waals surface area contributed by atoms with Crippen molar-refractivity contribution in [2.45, 2.75) is 50.5 Å². The van der Waals surface area contributed by atoms with Crippen molar-refractivity contribution in [2.24, 2.45) is 11.8 Å². The molecule has 2 N–H and O–H groups in total. The van der Waals surface area contributed by atoms with Crippen LogP contribution in [-0.2, 0) is 9.59 Å². The Labute approximate surface area is 139 Å². The van der Waals surface area contributed by atoms with E-state index < -0.39 is 40.9 Å². The second kappa shape index (κ2) is 6.15. The first-order valence-electron chi connectivity index (χ1n) is 8.32. The molecule has 4 nitrogen and oxygen atoms in total. The number of aliphatic carboxylic acids is 1. The Morgan fingerprint density at radius 1 is 1.25 bits per heavy atom. The Morgan fingerprint density at radius 3 is 2.54 bits per heavy atom. The van der Waals surface area contributed by atoms with Crippen LogP contribution in [0.1, 0.15) is 50.5 Å². The number of carboxylic acids is 1. The van der Waals surface area contributed by atoms with Crippen LogP contribution in [0.5, 0.6) is 0 Å². The number of hydrogen-bond acceptors (Lipinski definition) is 2. The molecule has 0 heterocycles. The summed E-state index contributed by atoms with van der Waals surface area (Å²) in [7, 11) is 0. The topological polar surface area (TPSA) is 66.4 Å². The third-order valence-electron chi connectivity index (χ3n) is 5.41. The molecule has 0 aliphatic heterocycles. The average molecular weight is 337 g/mol. The summed E-state index contributed by atoms with van der Waals surface area (Å²) in [5, 5.41) is 12.3. The number of carboxylic acid groups (broad SMARTS) is 1. The van der Waals surface area contributed by atoms with Gasteiger partial charge in [0.05, 0.1) is 11.5 Å². The Kier molecular flexibility index (Phi) is 4.32. The molecule has 24 heavy (non-hydrogen) atoms. The lowest BCUT2D eigenvalue weighted by atomic mass is 9.73. The lowest BCUT2D eigenvalue weighted by Gasteiger charge is -2.40. The molecule has 2 fully saturated rings. The Hall–Kier alpha value is -1.98. The molecule has 3 rings (SSSR count). The second-order valence-electron chi connectivity index (χ2n) is 7.13. The van der Waals surface area contributed by atoms with Crippen LogP contribution in [0.25, 0.3) is 0 Å². The predicted molar refractivity (Wildman–Crippen MR) is 83.3 cm³/mol. The van der Waals surface area contributed by atoms with Crippen LogP contribution in [0.4, 0.5) is 8.78 Å². The second-order valence-corrected chi connectivity index (χ2v) is 7.13. The van der Waals surface area contributed by atoms with Crippen LogP contribution in [0.3, 0.4) is 0 Å². The molecular weight excluding hydrogens is 316 g/mol. The van der Waals surface area contributed by atoms with E-state index in [2.05, 4.69) is 5.32 Å². The number of amides is 1. The Bertz CT molecular complexity index is 658. The minimum absolute atomic E-state index is 0.0405. The van der Waals surface area contributed by atoms with E-state index >= 15 is 0 Å². The van der Waals surface area contributed by atoms with E-state index in [1.807, 2.05) is 0 Å². The quantitative estimate of drug-likeness (QED) is 0.886. The fraction of sp³-hybridized carbons (Fsp3) is 0.556. The summed E-state index contributed by atoms with van der Waals surface area (Å²) < 4.78 is 27.7. The zero-order valence-corrected chi connectivity index (χ0v) is 13.5. The first kappa shape index (κ1) is 16.9. The lowest BCUT2D eigenvalue weighted by molar-refractivity contribution is -0.146. The molecule has 0 aromatic heterocycles. The number of carbonyl (C=O) groups excluding carboxylic acids is 1. The number of nitrogens with one attached hydrogen (secondary N) is 1. The molecule has 2 aliphatic rings. The van der Waals surface area contributed by atoms with Gasteiger partial charge in [-0.05, 0) is 38.3 Å². The van der Waals surface area contributed by atoms with Gasteiger partial charge in [0.15, 0.2) is 0 Å². The third-order valence-corrected chi connectivity index (χ3v) is 5.41. The van der Waals surface area contributed by atoms with E-state index in [4.69, 9.17) is 0 Å². The van der Waals surface area contributed by atoms with Crippen molar-refractivity contribution >= 4 is 11.9 Å². The summed E-state index contributed by atoms with van der Waals surface area (Å²) in [6.45, 7) is 1.75. The summed E-state index contributed by atoms with van der Waals surface area (Å²) in [6.07, 6.45) is 3.20. The van der Waals surface area contributed by atoms with E-state index in [1.165, 1.54) is 18.2 Å². The summed E-state index contributed by atoms with van der Waals surface area (Å²) in [4.78, 5) is 24.0. The molecule has 4 unspecified atom stereocenters. The van der Waals surface area contributed by atoms with Crippen LogP contribution < -0.4 is 5.32 Å². The maximum atomic E-state index is 13.8. The summed E-state index contributed by atoms with van der Waals surface area (Å²) >= 11 is 0. The molecule has 1 aromatic carbocycles. The van der Waals surface area contributed by atoms with Crippen molar-refractivity contribution in [1.82, 2.24) is 5.32 Å². The lowest BCUT2D eigenvalue weighted by Crippen LogP contribution is -2.55. The van der Waals surface area contributed by atoms with Gasteiger partial charge >= 0.3 is 5.97 Å². The van der Waals surface area contributed by atoms with Gasteiger partial charge in [-0.25, -0.2) is 8.78 Å². The smallest absolute Gasteiger partial charge is 0.308 e. The maximum absolute atomic E-state index is 13.8. The highest BCUT2D eigenvalue weighted by atomic mass is 19.1. The highest BCUT2D eigenvalue weighted by Crippen LogP contribution is 2.49. The highest BCUT2D eigenvalue weighted by molar-refractivity contribution is 5.84. The molecule has 0 bridgehead atoms. The summed E-state index contributed by atoms with van der Waals surface area (Å²) in [5.74, 6) is -4.09. The third kappa shape index (κ3) is 3.01. The molecular formula is C18H21F2NO3. The number of rotatable bonds is 4. The van der Waals surface area contributed by atoms with Gasteiger partial charge in [-0.3, -0.25) is 9.59 Å². The van der Waals surface area contributed by atoms with Crippen LogP contribution in [0.2, 0.25) is 0 Å². The zero-order valence-electron chi connectivity index (χ0n) is 13.5. The van der Waals surface area contributed by atoms with Crippen LogP contribution in [0, 0.1) is 23.5 Å². The largest absolute Gasteiger partial charge is 0.481 e. The van der Waals surface area contributed by atoms with Gasteiger partial charge in [0.25, 0.3) is 0 Å². The van der Waals surface area contributed by atoms with E-state index in [1.54, 1.807) is 6.92 Å². The van der Waals surface area contributed by atoms with Crippen LogP contribution in [-0.4, -0.2) is 22.5 Å². The van der Waals surface area contributed by atoms with E-state index in [0.29, 0.717) is 19.3 Å². The highest BCUT2D eigenvalue weighted by Gasteiger charge is 2.50. The minimum atomic E-state index is -0.912. The van der Waals surface area contributed by atoms with Gasteiger partial charge in [0, 0.05) is 17.4 Å². The molecule has 6 heteroatoms. The zero-order chi connectivity index (χ0) is 17.5. The standard InChI is InChI=1S/C18H21F2NO3/c1-18(8-3-2-5-12(18)17(23)24)21-16(22)11-9-10(11)15-13(19)6-4-7-14(15)20/h4,6-7,10-12H,2-3,5,8-9H2,1H3,(H,21,22)(H,23,24). The first-order valence-corrected chi connectivity index (χ1v) is 8.32. The van der Waals surface area contributed by atoms with Crippen LogP contribution >= 0.6 is 0 Å². The van der Waals surface area contributed by atoms with Crippen molar-refractivity contribution in [3.05, 3.63) is 35.4 Å². The van der Waals surface area contributed by atoms with Gasteiger partial charge < -0.3 is 10.4 Å². The van der Waals surface area contributed by atoms with Crippen molar-refractivity contribution in [1.29, 1.82) is 0 Å². The molecule has 0 spiro atoms. The predicted octanol–water partition coefficient (Wildman–Crippen LogP) is 3.22. The number of hydrogen-bond donors (Lipinski definition) is 2. The summed E-state index contributed by atoms with van der Waals surface area (Å²) in [6, 6.07) is 3.68. The number of benzene rings is 1. The van der Waals surface area contributed by atoms with Crippen molar-refractivity contribution in [3.8, 4) is 0 Å². The average Bonchev–Trinajstić information content (AvgIpc) is 3.27. The SMILES string of the molecule is CC1(NC(=O)C2CC2c2c(F)cccc2F)CCCCC1C(=O)O. The minimum Gasteiger partial charge on any atom is -0.481 e. The van der Waals surface area contributed by atoms with Crippen LogP contribution in [0.15, 0.2) is 18.2 Å².